The van der Waals surface area contributed by atoms with Crippen molar-refractivity contribution < 1.29 is 4.79 Å². The third-order valence-corrected chi connectivity index (χ3v) is 8.29. The Kier molecular flexibility index (Phi) is 7.75. The van der Waals surface area contributed by atoms with Gasteiger partial charge >= 0.3 is 0 Å². The molecule has 0 spiro atoms. The molecule has 3 heterocycles. The van der Waals surface area contributed by atoms with E-state index in [1.165, 1.54) is 11.3 Å². The second-order valence-corrected chi connectivity index (χ2v) is 11.3. The average Bonchev–Trinajstić information content (AvgIpc) is 3.63. The van der Waals surface area contributed by atoms with Crippen molar-refractivity contribution in [3.8, 4) is 0 Å². The highest BCUT2D eigenvalue weighted by atomic mass is 32.1. The maximum atomic E-state index is 12.6. The molecule has 40 heavy (non-hydrogen) atoms. The lowest BCUT2D eigenvalue weighted by Crippen LogP contribution is -2.45. The summed E-state index contributed by atoms with van der Waals surface area (Å²) < 4.78 is 0. The van der Waals surface area contributed by atoms with Crippen LogP contribution in [0.4, 0.5) is 11.4 Å². The van der Waals surface area contributed by atoms with Crippen LogP contribution in [0.2, 0.25) is 0 Å². The highest BCUT2D eigenvalue weighted by molar-refractivity contribution is 7.10. The van der Waals surface area contributed by atoms with Gasteiger partial charge in [0.1, 0.15) is 0 Å². The molecule has 1 aliphatic rings. The van der Waals surface area contributed by atoms with Crippen LogP contribution in [0.25, 0.3) is 23.1 Å². The third-order valence-electron chi connectivity index (χ3n) is 7.41. The van der Waals surface area contributed by atoms with E-state index in [0.29, 0.717) is 6.42 Å². The van der Waals surface area contributed by atoms with Crippen LogP contribution < -0.4 is 10.2 Å². The first-order valence-electron chi connectivity index (χ1n) is 13.7. The molecule has 0 atom stereocenters. The first-order valence-corrected chi connectivity index (χ1v) is 14.6. The molecule has 1 amide bonds. The molecule has 6 nitrogen and oxygen atoms in total. The van der Waals surface area contributed by atoms with Crippen molar-refractivity contribution in [1.82, 2.24) is 15.1 Å². The average molecular weight is 548 g/mol. The summed E-state index contributed by atoms with van der Waals surface area (Å²) in [7, 11) is 0. The molecule has 1 saturated heterocycles. The SMILES string of the molecule is Cc1cc2[nH]nc(C=Cc3cccc(CN4CCN(c5ccccc5)CC4)c3)c2cc1NC(=O)Cc1cccs1. The van der Waals surface area contributed by atoms with Crippen LogP contribution in [-0.2, 0) is 17.8 Å². The molecule has 1 aliphatic heterocycles. The Morgan fingerprint density at radius 2 is 1.82 bits per heavy atom. The Bertz CT molecular complexity index is 1620. The molecule has 0 aliphatic carbocycles. The third kappa shape index (κ3) is 6.17. The van der Waals surface area contributed by atoms with Gasteiger partial charge in [0.05, 0.1) is 17.6 Å². The minimum Gasteiger partial charge on any atom is -0.369 e. The Labute approximate surface area is 239 Å². The van der Waals surface area contributed by atoms with Crippen LogP contribution in [0.5, 0.6) is 0 Å². The Hall–Kier alpha value is -4.20. The number of aromatic nitrogens is 2. The van der Waals surface area contributed by atoms with Crippen molar-refractivity contribution in [2.24, 2.45) is 0 Å². The van der Waals surface area contributed by atoms with Gasteiger partial charge in [-0.2, -0.15) is 5.10 Å². The number of rotatable bonds is 8. The highest BCUT2D eigenvalue weighted by Gasteiger charge is 2.17. The van der Waals surface area contributed by atoms with Gasteiger partial charge in [0.25, 0.3) is 0 Å². The molecule has 5 aromatic rings. The van der Waals surface area contributed by atoms with Crippen LogP contribution >= 0.6 is 11.3 Å². The van der Waals surface area contributed by atoms with Gasteiger partial charge in [0, 0.05) is 54.4 Å². The fourth-order valence-corrected chi connectivity index (χ4v) is 5.96. The standard InChI is InChI=1S/C33H33N5OS/c1-24-19-32-29(22-31(24)34-33(39)21-28-11-6-18-40-28)30(35-36-32)13-12-25-7-5-8-26(20-25)23-37-14-16-38(17-15-37)27-9-3-2-4-10-27/h2-13,18-20,22H,14-17,21,23H2,1H3,(H,34,39)(H,35,36). The van der Waals surface area contributed by atoms with E-state index in [-0.39, 0.29) is 5.91 Å². The number of H-pyrrole nitrogens is 1. The summed E-state index contributed by atoms with van der Waals surface area (Å²) in [6.45, 7) is 7.16. The summed E-state index contributed by atoms with van der Waals surface area (Å²) in [5, 5.41) is 13.7. The second kappa shape index (κ2) is 11.9. The number of thiophene rings is 1. The van der Waals surface area contributed by atoms with E-state index in [1.54, 1.807) is 11.3 Å². The van der Waals surface area contributed by atoms with E-state index in [2.05, 4.69) is 86.0 Å². The molecular formula is C33H33N5OS. The molecule has 7 heteroatoms. The number of aryl methyl sites for hydroxylation is 1. The van der Waals surface area contributed by atoms with Crippen LogP contribution in [0.1, 0.15) is 27.3 Å². The number of nitrogens with zero attached hydrogens (tertiary/aromatic N) is 3. The zero-order chi connectivity index (χ0) is 27.3. The number of anilines is 2. The minimum absolute atomic E-state index is 0.0104. The molecule has 202 valence electrons. The van der Waals surface area contributed by atoms with Crippen molar-refractivity contribution >= 4 is 51.7 Å². The van der Waals surface area contributed by atoms with Gasteiger partial charge in [0.2, 0.25) is 5.91 Å². The molecule has 2 aromatic heterocycles. The van der Waals surface area contributed by atoms with Crippen LogP contribution in [0, 0.1) is 6.92 Å². The number of fused-ring (bicyclic) bond motifs is 1. The number of nitrogens with one attached hydrogen (secondary N) is 2. The Morgan fingerprint density at radius 1 is 0.975 bits per heavy atom. The van der Waals surface area contributed by atoms with Gasteiger partial charge in [-0.25, -0.2) is 0 Å². The maximum Gasteiger partial charge on any atom is 0.229 e. The number of para-hydroxylation sites is 1. The van der Waals surface area contributed by atoms with Crippen molar-refractivity contribution in [3.05, 3.63) is 112 Å². The number of amides is 1. The lowest BCUT2D eigenvalue weighted by Gasteiger charge is -2.36. The smallest absolute Gasteiger partial charge is 0.229 e. The molecule has 1 fully saturated rings. The molecule has 2 N–H and O–H groups in total. The number of piperazine rings is 1. The van der Waals surface area contributed by atoms with Crippen LogP contribution in [0.15, 0.2) is 84.2 Å². The number of hydrogen-bond donors (Lipinski definition) is 2. The molecule has 6 rings (SSSR count). The fourth-order valence-electron chi connectivity index (χ4n) is 5.25. The second-order valence-electron chi connectivity index (χ2n) is 10.3. The van der Waals surface area contributed by atoms with Gasteiger partial charge < -0.3 is 10.2 Å². The summed E-state index contributed by atoms with van der Waals surface area (Å²) >= 11 is 1.60. The fraction of sp³-hybridized carbons (Fsp3) is 0.212. The lowest BCUT2D eigenvalue weighted by atomic mass is 10.1. The van der Waals surface area contributed by atoms with Crippen molar-refractivity contribution in [3.63, 3.8) is 0 Å². The van der Waals surface area contributed by atoms with Gasteiger partial charge in [-0.05, 0) is 65.4 Å². The first kappa shape index (κ1) is 26.0. The number of benzene rings is 3. The molecule has 0 radical (unpaired) electrons. The zero-order valence-electron chi connectivity index (χ0n) is 22.6. The first-order chi connectivity index (χ1) is 19.6. The lowest BCUT2D eigenvalue weighted by molar-refractivity contribution is -0.115. The van der Waals surface area contributed by atoms with E-state index in [4.69, 9.17) is 0 Å². The molecule has 0 unspecified atom stereocenters. The van der Waals surface area contributed by atoms with E-state index < -0.39 is 0 Å². The monoisotopic (exact) mass is 547 g/mol. The summed E-state index contributed by atoms with van der Waals surface area (Å²) in [6, 6.07) is 27.4. The van der Waals surface area contributed by atoms with E-state index >= 15 is 0 Å². The molecular weight excluding hydrogens is 514 g/mol. The quantitative estimate of drug-likeness (QED) is 0.230. The predicted molar refractivity (Wildman–Crippen MR) is 167 cm³/mol. The van der Waals surface area contributed by atoms with Crippen molar-refractivity contribution in [2.45, 2.75) is 19.9 Å². The number of hydrogen-bond acceptors (Lipinski definition) is 5. The van der Waals surface area contributed by atoms with Gasteiger partial charge in [-0.3, -0.25) is 14.8 Å². The predicted octanol–water partition coefficient (Wildman–Crippen LogP) is 6.61. The summed E-state index contributed by atoms with van der Waals surface area (Å²) in [4.78, 5) is 18.7. The van der Waals surface area contributed by atoms with Gasteiger partial charge in [-0.1, -0.05) is 54.6 Å². The normalized spacial score (nSPS) is 14.3. The van der Waals surface area contributed by atoms with Crippen LogP contribution in [0.3, 0.4) is 0 Å². The topological polar surface area (TPSA) is 64.3 Å². The number of carbonyl (C=O) groups is 1. The highest BCUT2D eigenvalue weighted by Crippen LogP contribution is 2.26. The minimum atomic E-state index is -0.0104. The molecule has 0 bridgehead atoms. The van der Waals surface area contributed by atoms with E-state index in [9.17, 15) is 4.79 Å². The van der Waals surface area contributed by atoms with E-state index in [0.717, 1.165) is 71.0 Å². The summed E-state index contributed by atoms with van der Waals surface area (Å²) in [5.41, 5.74) is 7.40. The maximum absolute atomic E-state index is 12.6. The molecule has 3 aromatic carbocycles. The summed E-state index contributed by atoms with van der Waals surface area (Å²) in [5.74, 6) is -0.0104. The van der Waals surface area contributed by atoms with Crippen molar-refractivity contribution in [2.75, 3.05) is 36.4 Å². The number of carbonyl (C=O) groups excluding carboxylic acids is 1. The Balaban J connectivity index is 1.11. The van der Waals surface area contributed by atoms with Gasteiger partial charge in [-0.15, -0.1) is 11.3 Å². The van der Waals surface area contributed by atoms with Crippen LogP contribution in [-0.4, -0.2) is 47.2 Å². The Morgan fingerprint density at radius 3 is 2.62 bits per heavy atom. The molecule has 0 saturated carbocycles. The van der Waals surface area contributed by atoms with Gasteiger partial charge in [0.15, 0.2) is 0 Å². The summed E-state index contributed by atoms with van der Waals surface area (Å²) in [6.07, 6.45) is 4.54. The zero-order valence-corrected chi connectivity index (χ0v) is 23.5. The van der Waals surface area contributed by atoms with Crippen molar-refractivity contribution in [1.29, 1.82) is 0 Å². The van der Waals surface area contributed by atoms with E-state index in [1.807, 2.05) is 42.6 Å². The number of aromatic amines is 1. The largest absolute Gasteiger partial charge is 0.369 e.